The lowest BCUT2D eigenvalue weighted by molar-refractivity contribution is 0.381. The van der Waals surface area contributed by atoms with E-state index in [-0.39, 0.29) is 0 Å². The Bertz CT molecular complexity index is 353. The SMILES string of the molecule is COc1ccc(Br)c(CC(C(C)C)C(C)Br)c1. The van der Waals surface area contributed by atoms with Crippen molar-refractivity contribution in [2.75, 3.05) is 7.11 Å². The molecule has 0 bridgehead atoms. The Balaban J connectivity index is 2.92. The molecule has 0 fully saturated rings. The van der Waals surface area contributed by atoms with E-state index >= 15 is 0 Å². The molecule has 0 aromatic heterocycles. The van der Waals surface area contributed by atoms with E-state index in [1.807, 2.05) is 6.07 Å². The van der Waals surface area contributed by atoms with Gasteiger partial charge in [0.1, 0.15) is 5.75 Å². The summed E-state index contributed by atoms with van der Waals surface area (Å²) in [4.78, 5) is 0.514. The van der Waals surface area contributed by atoms with E-state index in [2.05, 4.69) is 64.8 Å². The highest BCUT2D eigenvalue weighted by Crippen LogP contribution is 2.30. The third-order valence-corrected chi connectivity index (χ3v) is 4.61. The first kappa shape index (κ1) is 15.0. The topological polar surface area (TPSA) is 9.23 Å². The van der Waals surface area contributed by atoms with Gasteiger partial charge in [0, 0.05) is 9.30 Å². The molecule has 0 radical (unpaired) electrons. The van der Waals surface area contributed by atoms with Crippen LogP contribution in [-0.2, 0) is 6.42 Å². The summed E-state index contributed by atoms with van der Waals surface area (Å²) < 4.78 is 6.44. The van der Waals surface area contributed by atoms with Crippen LogP contribution in [0.1, 0.15) is 26.3 Å². The van der Waals surface area contributed by atoms with Gasteiger partial charge in [0.15, 0.2) is 0 Å². The Morgan fingerprint density at radius 1 is 1.24 bits per heavy atom. The van der Waals surface area contributed by atoms with Crippen LogP contribution < -0.4 is 4.74 Å². The normalized spacial score (nSPS) is 14.8. The van der Waals surface area contributed by atoms with Crippen molar-refractivity contribution in [3.05, 3.63) is 28.2 Å². The number of halogens is 2. The largest absolute Gasteiger partial charge is 0.497 e. The lowest BCUT2D eigenvalue weighted by Crippen LogP contribution is -2.20. The van der Waals surface area contributed by atoms with E-state index in [0.29, 0.717) is 16.7 Å². The number of benzene rings is 1. The summed E-state index contributed by atoms with van der Waals surface area (Å²) in [7, 11) is 1.71. The number of methoxy groups -OCH3 is 1. The van der Waals surface area contributed by atoms with Gasteiger partial charge in [0.2, 0.25) is 0 Å². The predicted molar refractivity (Wildman–Crippen MR) is 81.1 cm³/mol. The summed E-state index contributed by atoms with van der Waals surface area (Å²) >= 11 is 7.33. The Labute approximate surface area is 121 Å². The average Bonchev–Trinajstić information content (AvgIpc) is 2.27. The second kappa shape index (κ2) is 6.79. The van der Waals surface area contributed by atoms with Crippen molar-refractivity contribution in [3.63, 3.8) is 0 Å². The first-order valence-electron chi connectivity index (χ1n) is 5.92. The maximum absolute atomic E-state index is 5.28. The van der Waals surface area contributed by atoms with Gasteiger partial charge in [-0.25, -0.2) is 0 Å². The first-order valence-corrected chi connectivity index (χ1v) is 7.63. The maximum Gasteiger partial charge on any atom is 0.119 e. The van der Waals surface area contributed by atoms with Crippen LogP contribution in [-0.4, -0.2) is 11.9 Å². The molecule has 0 amide bonds. The first-order chi connectivity index (χ1) is 7.95. The number of hydrogen-bond donors (Lipinski definition) is 0. The second-order valence-electron chi connectivity index (χ2n) is 4.75. The fraction of sp³-hybridized carbons (Fsp3) is 0.571. The summed E-state index contributed by atoms with van der Waals surface area (Å²) in [5, 5.41) is 0. The van der Waals surface area contributed by atoms with Gasteiger partial charge in [0.05, 0.1) is 7.11 Å². The smallest absolute Gasteiger partial charge is 0.119 e. The zero-order valence-corrected chi connectivity index (χ0v) is 14.0. The summed E-state index contributed by atoms with van der Waals surface area (Å²) in [6.45, 7) is 6.77. The molecule has 1 nitrogen and oxygen atoms in total. The molecule has 17 heavy (non-hydrogen) atoms. The third kappa shape index (κ3) is 4.29. The summed E-state index contributed by atoms with van der Waals surface area (Å²) in [5.41, 5.74) is 1.31. The van der Waals surface area contributed by atoms with Crippen LogP contribution in [0.3, 0.4) is 0 Å². The van der Waals surface area contributed by atoms with E-state index in [0.717, 1.165) is 16.6 Å². The van der Waals surface area contributed by atoms with E-state index in [4.69, 9.17) is 4.74 Å². The molecule has 1 aromatic rings. The van der Waals surface area contributed by atoms with Crippen molar-refractivity contribution >= 4 is 31.9 Å². The van der Waals surface area contributed by atoms with Crippen LogP contribution in [0, 0.1) is 11.8 Å². The molecule has 0 N–H and O–H groups in total. The quantitative estimate of drug-likeness (QED) is 0.664. The Kier molecular flexibility index (Phi) is 6.01. The van der Waals surface area contributed by atoms with Gasteiger partial charge in [0.25, 0.3) is 0 Å². The Hall–Kier alpha value is -0.0200. The van der Waals surface area contributed by atoms with Crippen LogP contribution in [0.25, 0.3) is 0 Å². The summed E-state index contributed by atoms with van der Waals surface area (Å²) in [5.74, 6) is 2.20. The van der Waals surface area contributed by atoms with Crippen molar-refractivity contribution in [3.8, 4) is 5.75 Å². The molecule has 2 unspecified atom stereocenters. The average molecular weight is 364 g/mol. The third-order valence-electron chi connectivity index (χ3n) is 3.15. The molecule has 96 valence electrons. The fourth-order valence-corrected chi connectivity index (χ4v) is 3.22. The van der Waals surface area contributed by atoms with Crippen molar-refractivity contribution in [1.82, 2.24) is 0 Å². The lowest BCUT2D eigenvalue weighted by Gasteiger charge is -2.24. The molecule has 0 aliphatic rings. The zero-order valence-electron chi connectivity index (χ0n) is 10.8. The van der Waals surface area contributed by atoms with E-state index in [1.54, 1.807) is 7.11 Å². The highest BCUT2D eigenvalue weighted by molar-refractivity contribution is 9.10. The van der Waals surface area contributed by atoms with Crippen LogP contribution in [0.15, 0.2) is 22.7 Å². The molecule has 0 saturated heterocycles. The van der Waals surface area contributed by atoms with E-state index in [9.17, 15) is 0 Å². The van der Waals surface area contributed by atoms with Gasteiger partial charge in [-0.2, -0.15) is 0 Å². The van der Waals surface area contributed by atoms with Crippen molar-refractivity contribution in [2.24, 2.45) is 11.8 Å². The molecule has 2 atom stereocenters. The fourth-order valence-electron chi connectivity index (χ4n) is 2.02. The lowest BCUT2D eigenvalue weighted by atomic mass is 9.87. The van der Waals surface area contributed by atoms with Crippen molar-refractivity contribution < 1.29 is 4.74 Å². The molecular weight excluding hydrogens is 344 g/mol. The molecule has 0 aliphatic heterocycles. The molecule has 1 aromatic carbocycles. The van der Waals surface area contributed by atoms with Gasteiger partial charge >= 0.3 is 0 Å². The molecule has 1 rings (SSSR count). The number of ether oxygens (including phenoxy) is 1. The summed E-state index contributed by atoms with van der Waals surface area (Å²) in [6.07, 6.45) is 1.06. The molecule has 0 spiro atoms. The Morgan fingerprint density at radius 2 is 1.88 bits per heavy atom. The maximum atomic E-state index is 5.28. The molecule has 0 aliphatic carbocycles. The second-order valence-corrected chi connectivity index (χ2v) is 7.05. The Morgan fingerprint density at radius 3 is 2.35 bits per heavy atom. The van der Waals surface area contributed by atoms with E-state index < -0.39 is 0 Å². The van der Waals surface area contributed by atoms with E-state index in [1.165, 1.54) is 5.56 Å². The minimum Gasteiger partial charge on any atom is -0.497 e. The molecule has 0 saturated carbocycles. The van der Waals surface area contributed by atoms with Gasteiger partial charge in [-0.05, 0) is 42.0 Å². The highest BCUT2D eigenvalue weighted by atomic mass is 79.9. The van der Waals surface area contributed by atoms with Gasteiger partial charge in [-0.15, -0.1) is 0 Å². The zero-order chi connectivity index (χ0) is 13.0. The standard InChI is InChI=1S/C14H20Br2O/c1-9(2)13(10(3)15)8-11-7-12(17-4)5-6-14(11)16/h5-7,9-10,13H,8H2,1-4H3. The predicted octanol–water partition coefficient (Wildman–Crippen LogP) is 5.06. The molecular formula is C14H20Br2O. The number of hydrogen-bond acceptors (Lipinski definition) is 1. The van der Waals surface area contributed by atoms with Crippen LogP contribution in [0.2, 0.25) is 0 Å². The minimum absolute atomic E-state index is 0.514. The van der Waals surface area contributed by atoms with Gasteiger partial charge < -0.3 is 4.74 Å². The monoisotopic (exact) mass is 362 g/mol. The van der Waals surface area contributed by atoms with Gasteiger partial charge in [-0.1, -0.05) is 52.6 Å². The molecule has 0 heterocycles. The number of rotatable bonds is 5. The number of alkyl halides is 1. The van der Waals surface area contributed by atoms with Crippen LogP contribution >= 0.6 is 31.9 Å². The van der Waals surface area contributed by atoms with Crippen LogP contribution in [0.5, 0.6) is 5.75 Å². The summed E-state index contributed by atoms with van der Waals surface area (Å²) in [6, 6.07) is 6.16. The van der Waals surface area contributed by atoms with Gasteiger partial charge in [-0.3, -0.25) is 0 Å². The van der Waals surface area contributed by atoms with Crippen molar-refractivity contribution in [1.29, 1.82) is 0 Å². The highest BCUT2D eigenvalue weighted by Gasteiger charge is 2.20. The minimum atomic E-state index is 0.514. The molecule has 3 heteroatoms. The van der Waals surface area contributed by atoms with Crippen molar-refractivity contribution in [2.45, 2.75) is 32.0 Å². The van der Waals surface area contributed by atoms with Crippen LogP contribution in [0.4, 0.5) is 0 Å².